The minimum absolute atomic E-state index is 0.163. The number of rotatable bonds is 3. The maximum atomic E-state index is 13.7. The van der Waals surface area contributed by atoms with Crippen LogP contribution in [0.15, 0.2) is 90.0 Å². The van der Waals surface area contributed by atoms with Crippen LogP contribution in [0.5, 0.6) is 0 Å². The number of hydrogen-bond acceptors (Lipinski definition) is 3. The smallest absolute Gasteiger partial charge is 0.264 e. The second-order valence-corrected chi connectivity index (χ2v) is 11.3. The lowest BCUT2D eigenvalue weighted by molar-refractivity contribution is 0.427. The molecular weight excluding hydrogens is 442 g/mol. The fourth-order valence-corrected chi connectivity index (χ4v) is 7.62. The van der Waals surface area contributed by atoms with Crippen molar-refractivity contribution in [2.45, 2.75) is 29.7 Å². The van der Waals surface area contributed by atoms with Gasteiger partial charge in [-0.05, 0) is 65.8 Å². The zero-order chi connectivity index (χ0) is 22.9. The summed E-state index contributed by atoms with van der Waals surface area (Å²) in [6, 6.07) is 22.0. The summed E-state index contributed by atoms with van der Waals surface area (Å²) in [6.07, 6.45) is 8.34. The summed E-state index contributed by atoms with van der Waals surface area (Å²) in [6.45, 7) is 0.492. The maximum absolute atomic E-state index is 13.7. The molecule has 0 radical (unpaired) electrons. The Balaban J connectivity index is 1.29. The Morgan fingerprint density at radius 3 is 2.74 bits per heavy atom. The number of sulfonamides is 1. The molecule has 0 bridgehead atoms. The van der Waals surface area contributed by atoms with E-state index in [0.29, 0.717) is 17.4 Å². The van der Waals surface area contributed by atoms with Gasteiger partial charge in [-0.15, -0.1) is 0 Å². The van der Waals surface area contributed by atoms with Crippen LogP contribution < -0.4 is 9.62 Å². The fourth-order valence-electron chi connectivity index (χ4n) is 6.08. The minimum Gasteiger partial charge on any atom is -0.378 e. The zero-order valence-electron chi connectivity index (χ0n) is 18.6. The number of nitrogens with zero attached hydrogens (tertiary/aromatic N) is 1. The molecule has 2 N–H and O–H groups in total. The van der Waals surface area contributed by atoms with E-state index in [-0.39, 0.29) is 12.0 Å². The Bertz CT molecular complexity index is 1570. The molecule has 6 heteroatoms. The van der Waals surface area contributed by atoms with Crippen LogP contribution in [0.3, 0.4) is 0 Å². The fraction of sp³-hybridized carbons (Fsp3) is 0.214. The number of benzene rings is 3. The molecule has 3 heterocycles. The van der Waals surface area contributed by atoms with Crippen molar-refractivity contribution in [3.63, 3.8) is 0 Å². The number of nitrogens with one attached hydrogen (secondary N) is 2. The highest BCUT2D eigenvalue weighted by Gasteiger charge is 2.40. The molecule has 0 fully saturated rings. The lowest BCUT2D eigenvalue weighted by Gasteiger charge is -2.37. The second-order valence-electron chi connectivity index (χ2n) is 9.47. The number of para-hydroxylation sites is 2. The monoisotopic (exact) mass is 467 g/mol. The normalized spacial score (nSPS) is 22.9. The van der Waals surface area contributed by atoms with E-state index in [2.05, 4.69) is 46.8 Å². The highest BCUT2D eigenvalue weighted by molar-refractivity contribution is 7.92. The van der Waals surface area contributed by atoms with E-state index in [0.717, 1.165) is 40.9 Å². The SMILES string of the molecule is O=S(=O)(c1ccc2c(c1)C1C=CCC1C(c1c[nH]c3ccccc13)N2)N1CCc2ccccc21. The van der Waals surface area contributed by atoms with Crippen molar-refractivity contribution >= 4 is 32.3 Å². The number of aromatic nitrogens is 1. The van der Waals surface area contributed by atoms with Crippen LogP contribution in [-0.2, 0) is 16.4 Å². The summed E-state index contributed by atoms with van der Waals surface area (Å²) >= 11 is 0. The Morgan fingerprint density at radius 1 is 0.941 bits per heavy atom. The van der Waals surface area contributed by atoms with Gasteiger partial charge in [0.1, 0.15) is 0 Å². The van der Waals surface area contributed by atoms with Crippen molar-refractivity contribution in [3.8, 4) is 0 Å². The standard InChI is InChI=1S/C28H25N3O2S/c32-34(33,31-15-14-18-6-1-4-11-27(18)31)19-12-13-26-23(16-19)20-8-5-9-22(20)28(30-26)24-17-29-25-10-3-2-7-21(24)25/h1-8,10-13,16-17,20,22,28-30H,9,14-15H2. The van der Waals surface area contributed by atoms with Crippen LogP contribution in [0.1, 0.15) is 35.1 Å². The van der Waals surface area contributed by atoms with E-state index in [9.17, 15) is 8.42 Å². The molecule has 170 valence electrons. The van der Waals surface area contributed by atoms with E-state index in [1.807, 2.05) is 42.5 Å². The Kier molecular flexibility index (Phi) is 4.24. The van der Waals surface area contributed by atoms with Crippen molar-refractivity contribution in [1.82, 2.24) is 4.98 Å². The lowest BCUT2D eigenvalue weighted by Crippen LogP contribution is -2.31. The first-order chi connectivity index (χ1) is 16.6. The van der Waals surface area contributed by atoms with Crippen LogP contribution >= 0.6 is 0 Å². The Hall–Kier alpha value is -3.51. The number of H-pyrrole nitrogens is 1. The van der Waals surface area contributed by atoms with E-state index in [4.69, 9.17) is 0 Å². The van der Waals surface area contributed by atoms with Crippen LogP contribution in [0, 0.1) is 5.92 Å². The number of aromatic amines is 1. The maximum Gasteiger partial charge on any atom is 0.264 e. The summed E-state index contributed by atoms with van der Waals surface area (Å²) in [5.74, 6) is 0.535. The van der Waals surface area contributed by atoms with Crippen LogP contribution in [0.2, 0.25) is 0 Å². The van der Waals surface area contributed by atoms with Gasteiger partial charge in [-0.2, -0.15) is 0 Å². The first kappa shape index (κ1) is 19.9. The summed E-state index contributed by atoms with van der Waals surface area (Å²) in [7, 11) is -3.62. The predicted octanol–water partition coefficient (Wildman–Crippen LogP) is 5.75. The predicted molar refractivity (Wildman–Crippen MR) is 136 cm³/mol. The third-order valence-corrected chi connectivity index (χ3v) is 9.53. The Morgan fingerprint density at radius 2 is 1.79 bits per heavy atom. The zero-order valence-corrected chi connectivity index (χ0v) is 19.4. The molecule has 1 aromatic heterocycles. The largest absolute Gasteiger partial charge is 0.378 e. The van der Waals surface area contributed by atoms with Crippen LogP contribution in [0.25, 0.3) is 10.9 Å². The van der Waals surface area contributed by atoms with Crippen molar-refractivity contribution < 1.29 is 8.42 Å². The van der Waals surface area contributed by atoms with Crippen molar-refractivity contribution in [2.24, 2.45) is 5.92 Å². The van der Waals surface area contributed by atoms with Crippen molar-refractivity contribution in [1.29, 1.82) is 0 Å². The third kappa shape index (κ3) is 2.81. The van der Waals surface area contributed by atoms with Crippen LogP contribution in [0.4, 0.5) is 11.4 Å². The number of hydrogen-bond donors (Lipinski definition) is 2. The third-order valence-electron chi connectivity index (χ3n) is 7.72. The molecule has 0 spiro atoms. The van der Waals surface area contributed by atoms with Crippen molar-refractivity contribution in [3.05, 3.63) is 102 Å². The quantitative estimate of drug-likeness (QED) is 0.377. The molecule has 5 nitrogen and oxygen atoms in total. The molecule has 2 aliphatic heterocycles. The molecule has 7 rings (SSSR count). The number of fused-ring (bicyclic) bond motifs is 5. The topological polar surface area (TPSA) is 65.2 Å². The highest BCUT2D eigenvalue weighted by atomic mass is 32.2. The van der Waals surface area contributed by atoms with Crippen LogP contribution in [-0.4, -0.2) is 19.9 Å². The number of allylic oxidation sites excluding steroid dienone is 2. The van der Waals surface area contributed by atoms with Gasteiger partial charge in [-0.3, -0.25) is 4.31 Å². The second kappa shape index (κ2) is 7.24. The van der Waals surface area contributed by atoms with Gasteiger partial charge in [-0.1, -0.05) is 48.6 Å². The summed E-state index contributed by atoms with van der Waals surface area (Å²) in [4.78, 5) is 3.78. The van der Waals surface area contributed by atoms with Gasteiger partial charge < -0.3 is 10.3 Å². The van der Waals surface area contributed by atoms with E-state index < -0.39 is 10.0 Å². The summed E-state index contributed by atoms with van der Waals surface area (Å²) < 4.78 is 28.9. The summed E-state index contributed by atoms with van der Waals surface area (Å²) in [5, 5.41) is 5.00. The molecule has 4 aromatic rings. The lowest BCUT2D eigenvalue weighted by atomic mass is 9.77. The van der Waals surface area contributed by atoms with Gasteiger partial charge >= 0.3 is 0 Å². The summed E-state index contributed by atoms with van der Waals surface area (Å²) in [5.41, 5.74) is 6.39. The molecule has 0 amide bonds. The van der Waals surface area contributed by atoms with Gasteiger partial charge in [-0.25, -0.2) is 8.42 Å². The average molecular weight is 468 g/mol. The number of anilines is 2. The average Bonchev–Trinajstić information content (AvgIpc) is 3.61. The first-order valence-electron chi connectivity index (χ1n) is 11.8. The molecule has 3 aliphatic rings. The molecule has 0 saturated heterocycles. The molecular formula is C28H25N3O2S. The molecule has 1 aliphatic carbocycles. The van der Waals surface area contributed by atoms with E-state index in [1.165, 1.54) is 10.9 Å². The molecule has 3 unspecified atom stereocenters. The van der Waals surface area contributed by atoms with Gasteiger partial charge in [0.2, 0.25) is 0 Å². The minimum atomic E-state index is -3.62. The molecule has 3 atom stereocenters. The van der Waals surface area contributed by atoms with Crippen molar-refractivity contribution in [2.75, 3.05) is 16.2 Å². The van der Waals surface area contributed by atoms with Gasteiger partial charge in [0.15, 0.2) is 0 Å². The molecule has 34 heavy (non-hydrogen) atoms. The molecule has 3 aromatic carbocycles. The Labute approximate surface area is 199 Å². The van der Waals surface area contributed by atoms with Gasteiger partial charge in [0, 0.05) is 35.2 Å². The van der Waals surface area contributed by atoms with E-state index >= 15 is 0 Å². The highest BCUT2D eigenvalue weighted by Crippen LogP contribution is 2.51. The van der Waals surface area contributed by atoms with Gasteiger partial charge in [0.05, 0.1) is 16.6 Å². The van der Waals surface area contributed by atoms with E-state index in [1.54, 1.807) is 10.4 Å². The first-order valence-corrected chi connectivity index (χ1v) is 13.3. The molecule has 0 saturated carbocycles. The van der Waals surface area contributed by atoms with Gasteiger partial charge in [0.25, 0.3) is 10.0 Å².